The lowest BCUT2D eigenvalue weighted by molar-refractivity contribution is 0.278. The topological polar surface area (TPSA) is 79.6 Å². The van der Waals surface area contributed by atoms with E-state index in [4.69, 9.17) is 9.84 Å². The van der Waals surface area contributed by atoms with E-state index in [2.05, 4.69) is 20.3 Å². The molecule has 0 bridgehead atoms. The van der Waals surface area contributed by atoms with Gasteiger partial charge in [-0.1, -0.05) is 0 Å². The maximum atomic E-state index is 9.14. The first kappa shape index (κ1) is 10.8. The van der Waals surface area contributed by atoms with E-state index in [0.29, 0.717) is 29.8 Å². The minimum absolute atomic E-state index is 0.115. The summed E-state index contributed by atoms with van der Waals surface area (Å²) in [5.74, 6) is 1.19. The van der Waals surface area contributed by atoms with Crippen LogP contribution >= 0.6 is 0 Å². The first-order valence-electron chi connectivity index (χ1n) is 5.17. The zero-order valence-corrected chi connectivity index (χ0v) is 9.10. The quantitative estimate of drug-likeness (QED) is 0.760. The number of hydrogen-bond donors (Lipinski definition) is 2. The van der Waals surface area contributed by atoms with Gasteiger partial charge >= 0.3 is 0 Å². The first-order valence-corrected chi connectivity index (χ1v) is 5.17. The maximum absolute atomic E-state index is 9.14. The van der Waals surface area contributed by atoms with E-state index in [0.717, 1.165) is 13.0 Å². The number of aromatic nitrogens is 2. The molecule has 1 aromatic heterocycles. The second-order valence-electron chi connectivity index (χ2n) is 3.46. The molecule has 1 aliphatic heterocycles. The Morgan fingerprint density at radius 3 is 3.12 bits per heavy atom. The second kappa shape index (κ2) is 4.89. The van der Waals surface area contributed by atoms with Crippen molar-refractivity contribution in [1.82, 2.24) is 9.97 Å². The number of aliphatic hydroxyl groups is 1. The Morgan fingerprint density at radius 2 is 2.44 bits per heavy atom. The average molecular weight is 222 g/mol. The first-order chi connectivity index (χ1) is 7.79. The molecule has 1 aromatic rings. The van der Waals surface area contributed by atoms with E-state index < -0.39 is 0 Å². The van der Waals surface area contributed by atoms with Gasteiger partial charge in [0.15, 0.2) is 0 Å². The number of aryl methyl sites for hydroxylation is 1. The summed E-state index contributed by atoms with van der Waals surface area (Å²) in [6.07, 6.45) is 2.52. The van der Waals surface area contributed by atoms with Crippen molar-refractivity contribution in [2.45, 2.75) is 20.0 Å². The minimum atomic E-state index is -0.115. The van der Waals surface area contributed by atoms with Gasteiger partial charge in [0.05, 0.1) is 13.2 Å². The maximum Gasteiger partial charge on any atom is 0.290 e. The third-order valence-corrected chi connectivity index (χ3v) is 2.18. The van der Waals surface area contributed by atoms with Gasteiger partial charge in [0.25, 0.3) is 6.02 Å². The molecule has 0 spiro atoms. The molecule has 1 aliphatic rings. The molecule has 2 heterocycles. The highest BCUT2D eigenvalue weighted by molar-refractivity contribution is 5.88. The standard InChI is InChI=1S/C10H14N4O2/c1-7-12-5-8(6-15)9(13-7)14-10-11-3-2-4-16-10/h5,15H,2-4,6H2,1H3,(H,11,12,13,14). The van der Waals surface area contributed by atoms with E-state index in [-0.39, 0.29) is 6.61 Å². The highest BCUT2D eigenvalue weighted by Crippen LogP contribution is 2.12. The predicted molar refractivity (Wildman–Crippen MR) is 59.2 cm³/mol. The van der Waals surface area contributed by atoms with Crippen molar-refractivity contribution in [3.63, 3.8) is 0 Å². The normalized spacial score (nSPS) is 15.2. The lowest BCUT2D eigenvalue weighted by Crippen LogP contribution is -2.23. The zero-order chi connectivity index (χ0) is 11.4. The summed E-state index contributed by atoms with van der Waals surface area (Å²) in [4.78, 5) is 12.4. The third-order valence-electron chi connectivity index (χ3n) is 2.18. The molecule has 86 valence electrons. The van der Waals surface area contributed by atoms with E-state index in [1.165, 1.54) is 0 Å². The Labute approximate surface area is 93.4 Å². The van der Waals surface area contributed by atoms with Crippen LogP contribution in [0.25, 0.3) is 0 Å². The Kier molecular flexibility index (Phi) is 3.31. The molecule has 0 fully saturated rings. The van der Waals surface area contributed by atoms with Crippen LogP contribution in [0.3, 0.4) is 0 Å². The molecule has 6 nitrogen and oxygen atoms in total. The van der Waals surface area contributed by atoms with E-state index >= 15 is 0 Å². The van der Waals surface area contributed by atoms with Crippen molar-refractivity contribution >= 4 is 11.8 Å². The largest absolute Gasteiger partial charge is 0.465 e. The Hall–Kier alpha value is -1.69. The third kappa shape index (κ3) is 2.46. The molecule has 2 rings (SSSR count). The molecule has 0 saturated carbocycles. The molecule has 6 heteroatoms. The highest BCUT2D eigenvalue weighted by atomic mass is 16.5. The molecule has 0 unspecified atom stereocenters. The smallest absolute Gasteiger partial charge is 0.290 e. The Bertz CT molecular complexity index is 406. The van der Waals surface area contributed by atoms with Crippen LogP contribution < -0.4 is 5.32 Å². The zero-order valence-electron chi connectivity index (χ0n) is 9.10. The number of nitrogens with zero attached hydrogens (tertiary/aromatic N) is 3. The highest BCUT2D eigenvalue weighted by Gasteiger charge is 2.10. The van der Waals surface area contributed by atoms with Gasteiger partial charge in [-0.15, -0.1) is 0 Å². The summed E-state index contributed by atoms with van der Waals surface area (Å²) in [5.41, 5.74) is 0.627. The second-order valence-corrected chi connectivity index (χ2v) is 3.46. The van der Waals surface area contributed by atoms with Crippen molar-refractivity contribution in [2.24, 2.45) is 4.99 Å². The van der Waals surface area contributed by atoms with Crippen LogP contribution in [0, 0.1) is 6.92 Å². The molecule has 2 N–H and O–H groups in total. The van der Waals surface area contributed by atoms with Crippen LogP contribution in [0.4, 0.5) is 5.82 Å². The van der Waals surface area contributed by atoms with Crippen LogP contribution in [0.2, 0.25) is 0 Å². The van der Waals surface area contributed by atoms with Gasteiger partial charge in [0.2, 0.25) is 0 Å². The minimum Gasteiger partial charge on any atom is -0.465 e. The fourth-order valence-electron chi connectivity index (χ4n) is 1.36. The van der Waals surface area contributed by atoms with Crippen LogP contribution in [0.5, 0.6) is 0 Å². The van der Waals surface area contributed by atoms with Crippen LogP contribution in [-0.4, -0.2) is 34.2 Å². The van der Waals surface area contributed by atoms with E-state index in [1.54, 1.807) is 13.1 Å². The number of anilines is 1. The number of aliphatic imine (C=N–C) groups is 1. The van der Waals surface area contributed by atoms with Gasteiger partial charge in [-0.05, 0) is 6.92 Å². The lowest BCUT2D eigenvalue weighted by atomic mass is 10.3. The van der Waals surface area contributed by atoms with Gasteiger partial charge in [-0.25, -0.2) is 15.0 Å². The summed E-state index contributed by atoms with van der Waals surface area (Å²) < 4.78 is 5.32. The molecular formula is C10H14N4O2. The summed E-state index contributed by atoms with van der Waals surface area (Å²) in [5, 5.41) is 12.1. The summed E-state index contributed by atoms with van der Waals surface area (Å²) >= 11 is 0. The lowest BCUT2D eigenvalue weighted by Gasteiger charge is -2.15. The summed E-state index contributed by atoms with van der Waals surface area (Å²) in [6.45, 7) is 3.08. The van der Waals surface area contributed by atoms with Crippen LogP contribution in [0.15, 0.2) is 11.2 Å². The molecule has 0 amide bonds. The molecule has 16 heavy (non-hydrogen) atoms. The average Bonchev–Trinajstić information content (AvgIpc) is 2.31. The van der Waals surface area contributed by atoms with Crippen molar-refractivity contribution in [3.05, 3.63) is 17.6 Å². The number of ether oxygens (including phenoxy) is 1. The monoisotopic (exact) mass is 222 g/mol. The fourth-order valence-corrected chi connectivity index (χ4v) is 1.36. The molecule has 0 aromatic carbocycles. The number of rotatable bonds is 2. The number of hydrogen-bond acceptors (Lipinski definition) is 6. The molecular weight excluding hydrogens is 208 g/mol. The molecule has 0 saturated heterocycles. The Morgan fingerprint density at radius 1 is 1.56 bits per heavy atom. The SMILES string of the molecule is Cc1ncc(CO)c(NC2=NCCCO2)n1. The summed E-state index contributed by atoms with van der Waals surface area (Å²) in [6, 6.07) is 0.457. The van der Waals surface area contributed by atoms with Gasteiger partial charge < -0.3 is 9.84 Å². The van der Waals surface area contributed by atoms with Gasteiger partial charge in [0, 0.05) is 24.7 Å². The Balaban J connectivity index is 2.18. The van der Waals surface area contributed by atoms with Crippen LogP contribution in [-0.2, 0) is 11.3 Å². The van der Waals surface area contributed by atoms with E-state index in [9.17, 15) is 0 Å². The van der Waals surface area contributed by atoms with Gasteiger partial charge in [-0.2, -0.15) is 0 Å². The fraction of sp³-hybridized carbons (Fsp3) is 0.500. The molecule has 0 atom stereocenters. The van der Waals surface area contributed by atoms with Gasteiger partial charge in [-0.3, -0.25) is 5.32 Å². The van der Waals surface area contributed by atoms with Crippen molar-refractivity contribution in [3.8, 4) is 0 Å². The molecule has 0 radical (unpaired) electrons. The summed E-state index contributed by atoms with van der Waals surface area (Å²) in [7, 11) is 0. The van der Waals surface area contributed by atoms with Crippen molar-refractivity contribution < 1.29 is 9.84 Å². The number of aliphatic hydroxyl groups excluding tert-OH is 1. The van der Waals surface area contributed by atoms with Crippen molar-refractivity contribution in [2.75, 3.05) is 18.5 Å². The predicted octanol–water partition coefficient (Wildman–Crippen LogP) is 0.466. The van der Waals surface area contributed by atoms with Crippen molar-refractivity contribution in [1.29, 1.82) is 0 Å². The van der Waals surface area contributed by atoms with Gasteiger partial charge in [0.1, 0.15) is 11.6 Å². The number of nitrogens with one attached hydrogen (secondary N) is 1. The van der Waals surface area contributed by atoms with E-state index in [1.807, 2.05) is 0 Å². The van der Waals surface area contributed by atoms with Crippen LogP contribution in [0.1, 0.15) is 17.8 Å². The number of amidine groups is 1. The molecule has 0 aliphatic carbocycles.